The van der Waals surface area contributed by atoms with Gasteiger partial charge in [-0.2, -0.15) is 0 Å². The summed E-state index contributed by atoms with van der Waals surface area (Å²) in [5.41, 5.74) is 5.03. The summed E-state index contributed by atoms with van der Waals surface area (Å²) in [6, 6.07) is 17.2. The minimum atomic E-state index is 0.0657. The Bertz CT molecular complexity index is 840. The van der Waals surface area contributed by atoms with Crippen molar-refractivity contribution in [2.75, 3.05) is 32.7 Å². The average Bonchev–Trinajstić information content (AvgIpc) is 3.25. The van der Waals surface area contributed by atoms with E-state index in [0.717, 1.165) is 32.6 Å². The summed E-state index contributed by atoms with van der Waals surface area (Å²) in [5.74, 6) is 0.840. The van der Waals surface area contributed by atoms with Crippen LogP contribution in [0.25, 0.3) is 0 Å². The molecule has 31 heavy (non-hydrogen) atoms. The van der Waals surface area contributed by atoms with Gasteiger partial charge in [-0.3, -0.25) is 9.69 Å². The molecule has 2 aromatic rings. The third kappa shape index (κ3) is 6.41. The third-order valence-corrected chi connectivity index (χ3v) is 6.70. The van der Waals surface area contributed by atoms with Crippen molar-refractivity contribution in [2.24, 2.45) is 11.8 Å². The second-order valence-corrected chi connectivity index (χ2v) is 9.70. The topological polar surface area (TPSA) is 35.6 Å². The van der Waals surface area contributed by atoms with Gasteiger partial charge in [-0.05, 0) is 63.2 Å². The van der Waals surface area contributed by atoms with E-state index < -0.39 is 0 Å². The molecule has 0 unspecified atom stereocenters. The van der Waals surface area contributed by atoms with Gasteiger partial charge in [0.15, 0.2) is 0 Å². The molecule has 4 nitrogen and oxygen atoms in total. The predicted octanol–water partition coefficient (Wildman–Crippen LogP) is 4.15. The van der Waals surface area contributed by atoms with Gasteiger partial charge in [0.05, 0.1) is 5.92 Å². The molecule has 0 radical (unpaired) electrons. The van der Waals surface area contributed by atoms with E-state index in [1.165, 1.54) is 48.2 Å². The molecule has 2 atom stereocenters. The summed E-state index contributed by atoms with van der Waals surface area (Å²) in [6.07, 6.45) is 3.64. The molecule has 2 aromatic carbocycles. The lowest BCUT2D eigenvalue weighted by Crippen LogP contribution is -2.48. The Balaban J connectivity index is 1.40. The van der Waals surface area contributed by atoms with Crippen LogP contribution >= 0.6 is 0 Å². The summed E-state index contributed by atoms with van der Waals surface area (Å²) in [5, 5.41) is 3.24. The number of hydrogen-bond donors (Lipinski definition) is 1. The van der Waals surface area contributed by atoms with Crippen molar-refractivity contribution in [3.8, 4) is 0 Å². The number of aryl methyl sites for hydroxylation is 2. The van der Waals surface area contributed by atoms with Crippen LogP contribution in [0.1, 0.15) is 41.5 Å². The van der Waals surface area contributed by atoms with Crippen LogP contribution < -0.4 is 5.32 Å². The van der Waals surface area contributed by atoms with E-state index in [2.05, 4.69) is 77.5 Å². The number of carbonyl (C=O) groups excluding carboxylic acids is 1. The maximum atomic E-state index is 13.2. The minimum Gasteiger partial charge on any atom is -0.352 e. The smallest absolute Gasteiger partial charge is 0.224 e. The first-order valence-electron chi connectivity index (χ1n) is 11.9. The zero-order valence-corrected chi connectivity index (χ0v) is 19.1. The minimum absolute atomic E-state index is 0.0657. The Kier molecular flexibility index (Phi) is 7.41. The van der Waals surface area contributed by atoms with E-state index in [0.29, 0.717) is 12.5 Å². The summed E-state index contributed by atoms with van der Waals surface area (Å²) in [7, 11) is 0. The maximum Gasteiger partial charge on any atom is 0.224 e. The van der Waals surface area contributed by atoms with Gasteiger partial charge in [0.1, 0.15) is 0 Å². The molecule has 4 heteroatoms. The molecular weight excluding hydrogens is 382 g/mol. The van der Waals surface area contributed by atoms with Crippen LogP contribution in [0.15, 0.2) is 48.5 Å². The van der Waals surface area contributed by atoms with Crippen molar-refractivity contribution >= 4 is 5.91 Å². The standard InChI is InChI=1S/C27H37N3O/c1-21-12-22(2)14-24(13-21)16-28-27(31)26-15-25(18-29-10-6-7-11-29)19-30(20-26)17-23-8-4-3-5-9-23/h3-5,8-9,12-14,25-26H,6-7,10-11,15-20H2,1-2H3,(H,28,31)/t25-,26-/m1/s1. The summed E-state index contributed by atoms with van der Waals surface area (Å²) >= 11 is 0. The number of nitrogens with zero attached hydrogens (tertiary/aromatic N) is 2. The second-order valence-electron chi connectivity index (χ2n) is 9.70. The Morgan fingerprint density at radius 3 is 2.35 bits per heavy atom. The zero-order valence-electron chi connectivity index (χ0n) is 19.1. The van der Waals surface area contributed by atoms with Gasteiger partial charge in [0.25, 0.3) is 0 Å². The van der Waals surface area contributed by atoms with Gasteiger partial charge in [0.2, 0.25) is 5.91 Å². The van der Waals surface area contributed by atoms with E-state index in [1.807, 2.05) is 0 Å². The fourth-order valence-electron chi connectivity index (χ4n) is 5.43. The van der Waals surface area contributed by atoms with Gasteiger partial charge < -0.3 is 10.2 Å². The number of piperidine rings is 1. The highest BCUT2D eigenvalue weighted by Gasteiger charge is 2.32. The first kappa shape index (κ1) is 22.0. The van der Waals surface area contributed by atoms with E-state index in [9.17, 15) is 4.79 Å². The Morgan fingerprint density at radius 1 is 0.935 bits per heavy atom. The van der Waals surface area contributed by atoms with Crippen molar-refractivity contribution < 1.29 is 4.79 Å². The van der Waals surface area contributed by atoms with E-state index in [-0.39, 0.29) is 11.8 Å². The molecule has 0 aromatic heterocycles. The molecule has 0 spiro atoms. The highest BCUT2D eigenvalue weighted by atomic mass is 16.1. The molecular formula is C27H37N3O. The molecule has 2 saturated heterocycles. The SMILES string of the molecule is Cc1cc(C)cc(CNC(=O)[C@@H]2C[C@H](CN3CCCC3)CN(Cc3ccccc3)C2)c1. The summed E-state index contributed by atoms with van der Waals surface area (Å²) < 4.78 is 0. The highest BCUT2D eigenvalue weighted by molar-refractivity contribution is 5.79. The summed E-state index contributed by atoms with van der Waals surface area (Å²) in [6.45, 7) is 11.3. The number of rotatable bonds is 7. The van der Waals surface area contributed by atoms with Gasteiger partial charge >= 0.3 is 0 Å². The molecule has 166 valence electrons. The summed E-state index contributed by atoms with van der Waals surface area (Å²) in [4.78, 5) is 18.3. The number of nitrogens with one attached hydrogen (secondary N) is 1. The van der Waals surface area contributed by atoms with Crippen LogP contribution in [-0.2, 0) is 17.9 Å². The fraction of sp³-hybridized carbons (Fsp3) is 0.519. The molecule has 1 amide bonds. The largest absolute Gasteiger partial charge is 0.352 e. The lowest BCUT2D eigenvalue weighted by atomic mass is 9.87. The van der Waals surface area contributed by atoms with Crippen LogP contribution in [0.5, 0.6) is 0 Å². The monoisotopic (exact) mass is 419 g/mol. The quantitative estimate of drug-likeness (QED) is 0.732. The molecule has 0 aliphatic carbocycles. The number of carbonyl (C=O) groups is 1. The normalized spacial score (nSPS) is 22.5. The first-order chi connectivity index (χ1) is 15.0. The molecule has 2 aliphatic rings. The number of hydrogen-bond acceptors (Lipinski definition) is 3. The van der Waals surface area contributed by atoms with Crippen LogP contribution in [0.3, 0.4) is 0 Å². The second kappa shape index (κ2) is 10.4. The fourth-order valence-corrected chi connectivity index (χ4v) is 5.43. The van der Waals surface area contributed by atoms with Crippen LogP contribution in [0, 0.1) is 25.7 Å². The van der Waals surface area contributed by atoms with Gasteiger partial charge in [-0.25, -0.2) is 0 Å². The number of amides is 1. The lowest BCUT2D eigenvalue weighted by Gasteiger charge is -2.38. The zero-order chi connectivity index (χ0) is 21.6. The molecule has 0 saturated carbocycles. The van der Waals surface area contributed by atoms with E-state index >= 15 is 0 Å². The Morgan fingerprint density at radius 2 is 1.65 bits per heavy atom. The molecule has 2 fully saturated rings. The van der Waals surface area contributed by atoms with Gasteiger partial charge in [-0.15, -0.1) is 0 Å². The molecule has 2 heterocycles. The van der Waals surface area contributed by atoms with Crippen LogP contribution in [-0.4, -0.2) is 48.4 Å². The maximum absolute atomic E-state index is 13.2. The van der Waals surface area contributed by atoms with Crippen molar-refractivity contribution in [1.82, 2.24) is 15.1 Å². The first-order valence-corrected chi connectivity index (χ1v) is 11.9. The Labute approximate surface area is 187 Å². The van der Waals surface area contributed by atoms with Gasteiger partial charge in [0, 0.05) is 32.7 Å². The molecule has 0 bridgehead atoms. The van der Waals surface area contributed by atoms with Crippen LogP contribution in [0.4, 0.5) is 0 Å². The third-order valence-electron chi connectivity index (χ3n) is 6.70. The average molecular weight is 420 g/mol. The molecule has 1 N–H and O–H groups in total. The van der Waals surface area contributed by atoms with Crippen LogP contribution in [0.2, 0.25) is 0 Å². The highest BCUT2D eigenvalue weighted by Crippen LogP contribution is 2.26. The Hall–Kier alpha value is -2.17. The number of likely N-dealkylation sites (tertiary alicyclic amines) is 2. The van der Waals surface area contributed by atoms with E-state index in [1.54, 1.807) is 0 Å². The predicted molar refractivity (Wildman–Crippen MR) is 127 cm³/mol. The lowest BCUT2D eigenvalue weighted by molar-refractivity contribution is -0.127. The number of benzene rings is 2. The molecule has 4 rings (SSSR count). The van der Waals surface area contributed by atoms with Crippen molar-refractivity contribution in [2.45, 2.75) is 46.2 Å². The molecule has 2 aliphatic heterocycles. The van der Waals surface area contributed by atoms with Gasteiger partial charge in [-0.1, -0.05) is 59.7 Å². The van der Waals surface area contributed by atoms with Crippen molar-refractivity contribution in [3.05, 3.63) is 70.8 Å². The van der Waals surface area contributed by atoms with Crippen molar-refractivity contribution in [1.29, 1.82) is 0 Å². The van der Waals surface area contributed by atoms with Crippen molar-refractivity contribution in [3.63, 3.8) is 0 Å². The van der Waals surface area contributed by atoms with E-state index in [4.69, 9.17) is 0 Å².